The topological polar surface area (TPSA) is 32.7 Å². The highest BCUT2D eigenvalue weighted by Crippen LogP contribution is 2.24. The number of rotatable bonds is 6. The first-order valence-corrected chi connectivity index (χ1v) is 7.61. The van der Waals surface area contributed by atoms with E-state index >= 15 is 0 Å². The summed E-state index contributed by atoms with van der Waals surface area (Å²) in [5.74, 6) is 0.241. The SMILES string of the molecule is OCCC1CCCCN1Cc1cccc(OCC(F)(F)F)c1. The second-order valence-electron chi connectivity index (χ2n) is 5.68. The van der Waals surface area contributed by atoms with Gasteiger partial charge in [0.15, 0.2) is 6.61 Å². The lowest BCUT2D eigenvalue weighted by Gasteiger charge is -2.35. The van der Waals surface area contributed by atoms with Crippen LogP contribution in [0.2, 0.25) is 0 Å². The third kappa shape index (κ3) is 5.50. The van der Waals surface area contributed by atoms with Gasteiger partial charge in [0.1, 0.15) is 5.75 Å². The Labute approximate surface area is 128 Å². The summed E-state index contributed by atoms with van der Waals surface area (Å²) in [5, 5.41) is 9.14. The van der Waals surface area contributed by atoms with Gasteiger partial charge in [0, 0.05) is 19.2 Å². The number of likely N-dealkylation sites (tertiary alicyclic amines) is 1. The summed E-state index contributed by atoms with van der Waals surface area (Å²) >= 11 is 0. The maximum Gasteiger partial charge on any atom is 0.422 e. The molecule has 124 valence electrons. The third-order valence-corrected chi connectivity index (χ3v) is 3.90. The molecule has 1 aromatic rings. The zero-order valence-electron chi connectivity index (χ0n) is 12.5. The van der Waals surface area contributed by atoms with Crippen LogP contribution >= 0.6 is 0 Å². The van der Waals surface area contributed by atoms with Crippen LogP contribution in [0.1, 0.15) is 31.2 Å². The second-order valence-corrected chi connectivity index (χ2v) is 5.68. The van der Waals surface area contributed by atoms with Gasteiger partial charge in [-0.25, -0.2) is 0 Å². The maximum absolute atomic E-state index is 12.2. The summed E-state index contributed by atoms with van der Waals surface area (Å²) in [5.41, 5.74) is 0.935. The fourth-order valence-corrected chi connectivity index (χ4v) is 2.88. The molecule has 1 atom stereocenters. The maximum atomic E-state index is 12.2. The quantitative estimate of drug-likeness (QED) is 0.873. The van der Waals surface area contributed by atoms with E-state index in [1.165, 1.54) is 6.07 Å². The predicted molar refractivity (Wildman–Crippen MR) is 77.7 cm³/mol. The molecule has 1 saturated heterocycles. The third-order valence-electron chi connectivity index (χ3n) is 3.90. The van der Waals surface area contributed by atoms with Gasteiger partial charge in [0.05, 0.1) is 0 Å². The molecule has 0 bridgehead atoms. The molecule has 0 spiro atoms. The van der Waals surface area contributed by atoms with E-state index in [0.29, 0.717) is 12.6 Å². The highest BCUT2D eigenvalue weighted by molar-refractivity contribution is 5.28. The number of piperidine rings is 1. The van der Waals surface area contributed by atoms with Crippen molar-refractivity contribution in [2.24, 2.45) is 0 Å². The number of halogens is 3. The van der Waals surface area contributed by atoms with E-state index < -0.39 is 12.8 Å². The molecule has 1 N–H and O–H groups in total. The molecule has 0 aromatic heterocycles. The largest absolute Gasteiger partial charge is 0.484 e. The molecule has 6 heteroatoms. The Kier molecular flexibility index (Phi) is 6.08. The van der Waals surface area contributed by atoms with Crippen LogP contribution in [-0.4, -0.2) is 42.0 Å². The number of hydrogen-bond acceptors (Lipinski definition) is 3. The Morgan fingerprint density at radius 1 is 1.27 bits per heavy atom. The summed E-state index contributed by atoms with van der Waals surface area (Å²) in [4.78, 5) is 2.29. The molecule has 1 heterocycles. The van der Waals surface area contributed by atoms with Gasteiger partial charge < -0.3 is 9.84 Å². The number of ether oxygens (including phenoxy) is 1. The summed E-state index contributed by atoms with van der Waals surface area (Å²) in [6, 6.07) is 7.16. The van der Waals surface area contributed by atoms with Crippen molar-refractivity contribution in [2.75, 3.05) is 19.8 Å². The lowest BCUT2D eigenvalue weighted by molar-refractivity contribution is -0.153. The van der Waals surface area contributed by atoms with Crippen LogP contribution in [0.25, 0.3) is 0 Å². The zero-order chi connectivity index (χ0) is 16.0. The smallest absolute Gasteiger partial charge is 0.422 e. The fraction of sp³-hybridized carbons (Fsp3) is 0.625. The van der Waals surface area contributed by atoms with Crippen molar-refractivity contribution in [1.29, 1.82) is 0 Å². The van der Waals surface area contributed by atoms with Gasteiger partial charge in [-0.05, 0) is 43.5 Å². The summed E-state index contributed by atoms with van der Waals surface area (Å²) in [6.07, 6.45) is -0.244. The van der Waals surface area contributed by atoms with Crippen LogP contribution in [0, 0.1) is 0 Å². The minimum absolute atomic E-state index is 0.163. The number of aliphatic hydroxyl groups excluding tert-OH is 1. The Hall–Kier alpha value is -1.27. The van der Waals surface area contributed by atoms with Gasteiger partial charge in [-0.15, -0.1) is 0 Å². The molecule has 1 fully saturated rings. The van der Waals surface area contributed by atoms with E-state index in [-0.39, 0.29) is 12.4 Å². The Morgan fingerprint density at radius 2 is 2.09 bits per heavy atom. The number of benzene rings is 1. The lowest BCUT2D eigenvalue weighted by Crippen LogP contribution is -2.39. The van der Waals surface area contributed by atoms with Crippen molar-refractivity contribution in [3.63, 3.8) is 0 Å². The molecular weight excluding hydrogens is 295 g/mol. The Balaban J connectivity index is 1.96. The molecule has 0 radical (unpaired) electrons. The van der Waals surface area contributed by atoms with Gasteiger partial charge >= 0.3 is 6.18 Å². The summed E-state index contributed by atoms with van der Waals surface area (Å²) in [6.45, 7) is 0.523. The van der Waals surface area contributed by atoms with Gasteiger partial charge in [0.25, 0.3) is 0 Å². The first kappa shape index (κ1) is 17.1. The minimum atomic E-state index is -4.32. The molecule has 1 aliphatic heterocycles. The van der Waals surface area contributed by atoms with E-state index in [2.05, 4.69) is 4.90 Å². The van der Waals surface area contributed by atoms with Crippen LogP contribution in [-0.2, 0) is 6.54 Å². The standard InChI is InChI=1S/C16H22F3NO2/c17-16(18,19)12-22-15-6-3-4-13(10-15)11-20-8-2-1-5-14(20)7-9-21/h3-4,6,10,14,21H,1-2,5,7-9,11-12H2. The molecule has 0 saturated carbocycles. The molecule has 0 amide bonds. The molecule has 0 aliphatic carbocycles. The van der Waals surface area contributed by atoms with Crippen LogP contribution in [0.4, 0.5) is 13.2 Å². The molecule has 1 aliphatic rings. The van der Waals surface area contributed by atoms with Crippen molar-refractivity contribution in [1.82, 2.24) is 4.90 Å². The van der Waals surface area contributed by atoms with Crippen LogP contribution < -0.4 is 4.74 Å². The monoisotopic (exact) mass is 317 g/mol. The average Bonchev–Trinajstić information content (AvgIpc) is 2.47. The fourth-order valence-electron chi connectivity index (χ4n) is 2.88. The van der Waals surface area contributed by atoms with Crippen LogP contribution in [0.5, 0.6) is 5.75 Å². The molecule has 1 aromatic carbocycles. The molecular formula is C16H22F3NO2. The zero-order valence-corrected chi connectivity index (χ0v) is 12.5. The Bertz CT molecular complexity index is 463. The second kappa shape index (κ2) is 7.83. The van der Waals surface area contributed by atoms with E-state index in [9.17, 15) is 13.2 Å². The highest BCUT2D eigenvalue weighted by atomic mass is 19.4. The lowest BCUT2D eigenvalue weighted by atomic mass is 9.99. The number of hydrogen-bond donors (Lipinski definition) is 1. The highest BCUT2D eigenvalue weighted by Gasteiger charge is 2.28. The number of alkyl halides is 3. The van der Waals surface area contributed by atoms with Crippen LogP contribution in [0.15, 0.2) is 24.3 Å². The van der Waals surface area contributed by atoms with Crippen LogP contribution in [0.3, 0.4) is 0 Å². The van der Waals surface area contributed by atoms with Crippen molar-refractivity contribution >= 4 is 0 Å². The number of nitrogens with zero attached hydrogens (tertiary/aromatic N) is 1. The van der Waals surface area contributed by atoms with Crippen molar-refractivity contribution < 1.29 is 23.0 Å². The molecule has 1 unspecified atom stereocenters. The van der Waals surface area contributed by atoms with Gasteiger partial charge in [-0.2, -0.15) is 13.2 Å². The molecule has 2 rings (SSSR count). The predicted octanol–water partition coefficient (Wildman–Crippen LogP) is 3.36. The first-order valence-electron chi connectivity index (χ1n) is 7.61. The van der Waals surface area contributed by atoms with Gasteiger partial charge in [-0.1, -0.05) is 18.6 Å². The summed E-state index contributed by atoms with van der Waals surface area (Å²) < 4.78 is 41.4. The van der Waals surface area contributed by atoms with E-state index in [0.717, 1.165) is 37.8 Å². The van der Waals surface area contributed by atoms with Gasteiger partial charge in [-0.3, -0.25) is 4.90 Å². The van der Waals surface area contributed by atoms with E-state index in [1.54, 1.807) is 12.1 Å². The van der Waals surface area contributed by atoms with E-state index in [1.807, 2.05) is 6.07 Å². The van der Waals surface area contributed by atoms with Crippen molar-refractivity contribution in [2.45, 2.75) is 44.4 Å². The summed E-state index contributed by atoms with van der Waals surface area (Å²) in [7, 11) is 0. The first-order chi connectivity index (χ1) is 10.5. The molecule has 22 heavy (non-hydrogen) atoms. The Morgan fingerprint density at radius 3 is 2.82 bits per heavy atom. The van der Waals surface area contributed by atoms with Gasteiger partial charge in [0.2, 0.25) is 0 Å². The normalized spacial score (nSPS) is 20.1. The number of aliphatic hydroxyl groups is 1. The van der Waals surface area contributed by atoms with E-state index in [4.69, 9.17) is 9.84 Å². The van der Waals surface area contributed by atoms with Crippen molar-refractivity contribution in [3.05, 3.63) is 29.8 Å². The molecule has 3 nitrogen and oxygen atoms in total. The minimum Gasteiger partial charge on any atom is -0.484 e. The average molecular weight is 317 g/mol. The van der Waals surface area contributed by atoms with Crippen molar-refractivity contribution in [3.8, 4) is 5.75 Å².